The summed E-state index contributed by atoms with van der Waals surface area (Å²) >= 11 is 0. The Hall–Kier alpha value is -2.60. The highest BCUT2D eigenvalue weighted by molar-refractivity contribution is 5.90. The number of hydrogen-bond acceptors (Lipinski definition) is 4. The van der Waals surface area contributed by atoms with Gasteiger partial charge in [-0.2, -0.15) is 0 Å². The quantitative estimate of drug-likeness (QED) is 0.738. The highest BCUT2D eigenvalue weighted by Crippen LogP contribution is 2.22. The van der Waals surface area contributed by atoms with Crippen molar-refractivity contribution >= 4 is 11.7 Å². The Labute approximate surface area is 167 Å². The highest BCUT2D eigenvalue weighted by atomic mass is 16.5. The molecule has 0 saturated carbocycles. The summed E-state index contributed by atoms with van der Waals surface area (Å²) in [6.07, 6.45) is 5.80. The summed E-state index contributed by atoms with van der Waals surface area (Å²) in [7, 11) is 0. The highest BCUT2D eigenvalue weighted by Gasteiger charge is 2.21. The van der Waals surface area contributed by atoms with Crippen LogP contribution in [0.1, 0.15) is 30.9 Å². The summed E-state index contributed by atoms with van der Waals surface area (Å²) in [5, 5.41) is 3.04. The minimum Gasteiger partial charge on any atom is -0.494 e. The molecule has 0 spiro atoms. The molecule has 1 aliphatic rings. The molecule has 0 atom stereocenters. The molecule has 6 heteroatoms. The fourth-order valence-corrected chi connectivity index (χ4v) is 3.25. The summed E-state index contributed by atoms with van der Waals surface area (Å²) in [4.78, 5) is 20.9. The van der Waals surface area contributed by atoms with Crippen molar-refractivity contribution in [2.45, 2.75) is 33.2 Å². The van der Waals surface area contributed by atoms with Crippen LogP contribution in [0.4, 0.5) is 10.5 Å². The molecule has 0 aliphatic carbocycles. The normalized spacial score (nSPS) is 14.7. The predicted octanol–water partition coefficient (Wildman–Crippen LogP) is 3.92. The van der Waals surface area contributed by atoms with Crippen molar-refractivity contribution in [3.05, 3.63) is 53.9 Å². The van der Waals surface area contributed by atoms with Gasteiger partial charge in [0.2, 0.25) is 0 Å². The summed E-state index contributed by atoms with van der Waals surface area (Å²) < 4.78 is 5.73. The van der Waals surface area contributed by atoms with E-state index in [2.05, 4.69) is 22.1 Å². The first-order valence-electron chi connectivity index (χ1n) is 10.1. The van der Waals surface area contributed by atoms with Crippen molar-refractivity contribution in [3.63, 3.8) is 0 Å². The van der Waals surface area contributed by atoms with Gasteiger partial charge in [0.1, 0.15) is 5.75 Å². The minimum atomic E-state index is -0.0358. The van der Waals surface area contributed by atoms with Gasteiger partial charge >= 0.3 is 6.03 Å². The number of ether oxygens (including phenoxy) is 1. The number of unbranched alkanes of at least 4 members (excludes halogenated alkanes) is 1. The number of pyridine rings is 1. The van der Waals surface area contributed by atoms with Crippen LogP contribution in [0.3, 0.4) is 0 Å². The number of anilines is 1. The molecule has 0 bridgehead atoms. The first kappa shape index (κ1) is 20.1. The van der Waals surface area contributed by atoms with Crippen LogP contribution in [0.5, 0.6) is 5.75 Å². The SMILES string of the molecule is CCCCOc1ccc(NC(=O)N2CCN(Cc3ccncc3)CC2)c(C)c1. The van der Waals surface area contributed by atoms with E-state index in [0.29, 0.717) is 0 Å². The van der Waals surface area contributed by atoms with Crippen LogP contribution in [0.2, 0.25) is 0 Å². The van der Waals surface area contributed by atoms with Gasteiger partial charge in [0.15, 0.2) is 0 Å². The second-order valence-electron chi connectivity index (χ2n) is 7.23. The number of piperazine rings is 1. The van der Waals surface area contributed by atoms with E-state index in [1.807, 2.05) is 54.5 Å². The lowest BCUT2D eigenvalue weighted by Crippen LogP contribution is -2.49. The maximum atomic E-state index is 12.6. The second-order valence-corrected chi connectivity index (χ2v) is 7.23. The van der Waals surface area contributed by atoms with Gasteiger partial charge in [-0.25, -0.2) is 4.79 Å². The lowest BCUT2D eigenvalue weighted by atomic mass is 10.2. The van der Waals surface area contributed by atoms with E-state index in [1.165, 1.54) is 5.56 Å². The number of nitrogens with one attached hydrogen (secondary N) is 1. The zero-order valence-electron chi connectivity index (χ0n) is 16.9. The number of benzene rings is 1. The number of carbonyl (C=O) groups excluding carboxylic acids is 1. The number of amides is 2. The molecule has 1 aromatic heterocycles. The summed E-state index contributed by atoms with van der Waals surface area (Å²) in [5.41, 5.74) is 3.11. The summed E-state index contributed by atoms with van der Waals surface area (Å²) in [5.74, 6) is 0.855. The number of nitrogens with zero attached hydrogens (tertiary/aromatic N) is 3. The Morgan fingerprint density at radius 3 is 2.57 bits per heavy atom. The van der Waals surface area contributed by atoms with Crippen molar-refractivity contribution in [3.8, 4) is 5.75 Å². The van der Waals surface area contributed by atoms with Gasteiger partial charge in [-0.1, -0.05) is 13.3 Å². The monoisotopic (exact) mass is 382 g/mol. The third-order valence-electron chi connectivity index (χ3n) is 5.02. The van der Waals surface area contributed by atoms with E-state index >= 15 is 0 Å². The van der Waals surface area contributed by atoms with Gasteiger partial charge in [0.05, 0.1) is 6.61 Å². The van der Waals surface area contributed by atoms with Crippen LogP contribution in [-0.2, 0) is 6.54 Å². The van der Waals surface area contributed by atoms with E-state index < -0.39 is 0 Å². The average Bonchev–Trinajstić information content (AvgIpc) is 2.71. The van der Waals surface area contributed by atoms with Crippen molar-refractivity contribution in [2.75, 3.05) is 38.1 Å². The van der Waals surface area contributed by atoms with E-state index in [1.54, 1.807) is 0 Å². The fourth-order valence-electron chi connectivity index (χ4n) is 3.25. The van der Waals surface area contributed by atoms with Gasteiger partial charge < -0.3 is 15.0 Å². The molecule has 1 aromatic carbocycles. The van der Waals surface area contributed by atoms with Gasteiger partial charge in [-0.3, -0.25) is 9.88 Å². The molecule has 1 fully saturated rings. The molecular weight excluding hydrogens is 352 g/mol. The number of rotatable bonds is 7. The number of hydrogen-bond donors (Lipinski definition) is 1. The molecule has 1 saturated heterocycles. The lowest BCUT2D eigenvalue weighted by molar-refractivity contribution is 0.143. The predicted molar refractivity (Wildman–Crippen MR) is 112 cm³/mol. The van der Waals surface area contributed by atoms with Crippen LogP contribution in [0.15, 0.2) is 42.7 Å². The first-order chi connectivity index (χ1) is 13.7. The Kier molecular flexibility index (Phi) is 7.25. The van der Waals surface area contributed by atoms with Crippen molar-refractivity contribution < 1.29 is 9.53 Å². The number of aryl methyl sites for hydroxylation is 1. The number of carbonyl (C=O) groups is 1. The fraction of sp³-hybridized carbons (Fsp3) is 0.455. The summed E-state index contributed by atoms with van der Waals surface area (Å²) in [6, 6.07) is 9.87. The Morgan fingerprint density at radius 1 is 1.14 bits per heavy atom. The first-order valence-corrected chi connectivity index (χ1v) is 10.1. The molecule has 2 heterocycles. The van der Waals surface area contributed by atoms with Gasteiger partial charge in [0, 0.05) is 50.8 Å². The molecular formula is C22H30N4O2. The Balaban J connectivity index is 1.47. The van der Waals surface area contributed by atoms with Gasteiger partial charge in [-0.05, 0) is 54.8 Å². The smallest absolute Gasteiger partial charge is 0.321 e. The van der Waals surface area contributed by atoms with E-state index in [4.69, 9.17) is 4.74 Å². The Bertz CT molecular complexity index is 758. The molecule has 28 heavy (non-hydrogen) atoms. The van der Waals surface area contributed by atoms with Gasteiger partial charge in [0.25, 0.3) is 0 Å². The van der Waals surface area contributed by atoms with Crippen LogP contribution >= 0.6 is 0 Å². The third kappa shape index (κ3) is 5.70. The maximum Gasteiger partial charge on any atom is 0.321 e. The van der Waals surface area contributed by atoms with Crippen molar-refractivity contribution in [2.24, 2.45) is 0 Å². The van der Waals surface area contributed by atoms with Crippen LogP contribution in [0, 0.1) is 6.92 Å². The molecule has 150 valence electrons. The largest absolute Gasteiger partial charge is 0.494 e. The number of aromatic nitrogens is 1. The van der Waals surface area contributed by atoms with Crippen LogP contribution in [0.25, 0.3) is 0 Å². The standard InChI is InChI=1S/C22H30N4O2/c1-3-4-15-28-20-5-6-21(18(2)16-20)24-22(27)26-13-11-25(12-14-26)17-19-7-9-23-10-8-19/h5-10,16H,3-4,11-15,17H2,1-2H3,(H,24,27). The number of urea groups is 1. The molecule has 0 radical (unpaired) electrons. The van der Waals surface area contributed by atoms with Crippen LogP contribution in [-0.4, -0.2) is 53.6 Å². The molecule has 2 amide bonds. The van der Waals surface area contributed by atoms with Crippen LogP contribution < -0.4 is 10.1 Å². The molecule has 1 N–H and O–H groups in total. The molecule has 2 aromatic rings. The van der Waals surface area contributed by atoms with E-state index in [9.17, 15) is 4.79 Å². The Morgan fingerprint density at radius 2 is 1.89 bits per heavy atom. The molecule has 6 nitrogen and oxygen atoms in total. The lowest BCUT2D eigenvalue weighted by Gasteiger charge is -2.34. The zero-order chi connectivity index (χ0) is 19.8. The topological polar surface area (TPSA) is 57.7 Å². The zero-order valence-corrected chi connectivity index (χ0v) is 16.9. The second kappa shape index (κ2) is 10.1. The van der Waals surface area contributed by atoms with E-state index in [-0.39, 0.29) is 6.03 Å². The van der Waals surface area contributed by atoms with E-state index in [0.717, 1.165) is 69.2 Å². The minimum absolute atomic E-state index is 0.0358. The summed E-state index contributed by atoms with van der Waals surface area (Å²) in [6.45, 7) is 8.98. The molecule has 0 unspecified atom stereocenters. The average molecular weight is 383 g/mol. The maximum absolute atomic E-state index is 12.6. The molecule has 3 rings (SSSR count). The third-order valence-corrected chi connectivity index (χ3v) is 5.02. The van der Waals surface area contributed by atoms with Crippen molar-refractivity contribution in [1.29, 1.82) is 0 Å². The molecule has 1 aliphatic heterocycles. The van der Waals surface area contributed by atoms with Gasteiger partial charge in [-0.15, -0.1) is 0 Å². The van der Waals surface area contributed by atoms with Crippen molar-refractivity contribution in [1.82, 2.24) is 14.8 Å².